The maximum atomic E-state index is 12.4. The minimum Gasteiger partial charge on any atom is -0.446 e. The van der Waals surface area contributed by atoms with E-state index in [4.69, 9.17) is 4.74 Å². The first kappa shape index (κ1) is 17.8. The molecular formula is C18H35NO2Si. The summed E-state index contributed by atoms with van der Waals surface area (Å²) in [5, 5.41) is 0. The Kier molecular flexibility index (Phi) is 5.62. The van der Waals surface area contributed by atoms with Crippen LogP contribution in [0.4, 0.5) is 4.79 Å². The normalized spacial score (nSPS) is 26.6. The van der Waals surface area contributed by atoms with Crippen LogP contribution in [0.2, 0.25) is 22.7 Å². The molecule has 128 valence electrons. The van der Waals surface area contributed by atoms with Crippen LogP contribution in [0.15, 0.2) is 0 Å². The average molecular weight is 326 g/mol. The molecular weight excluding hydrogens is 290 g/mol. The van der Waals surface area contributed by atoms with E-state index >= 15 is 0 Å². The van der Waals surface area contributed by atoms with E-state index in [1.54, 1.807) is 0 Å². The van der Waals surface area contributed by atoms with Crippen LogP contribution in [0.25, 0.3) is 0 Å². The second-order valence-corrected chi connectivity index (χ2v) is 14.5. The SMILES string of the molecule is CC(C)[Si](CC1CC2CCCCN2C(=O)O1)(C(C)C)C(C)C. The smallest absolute Gasteiger partial charge is 0.410 e. The number of carbonyl (C=O) groups excluding carboxylic acids is 1. The third kappa shape index (κ3) is 3.22. The third-order valence-corrected chi connectivity index (χ3v) is 14.1. The Bertz CT molecular complexity index is 373. The number of piperidine rings is 1. The van der Waals surface area contributed by atoms with Crippen LogP contribution in [0, 0.1) is 0 Å². The Morgan fingerprint density at radius 2 is 1.68 bits per heavy atom. The lowest BCUT2D eigenvalue weighted by molar-refractivity contribution is -0.00638. The van der Waals surface area contributed by atoms with Gasteiger partial charge in [0.15, 0.2) is 0 Å². The lowest BCUT2D eigenvalue weighted by Crippen LogP contribution is -2.54. The van der Waals surface area contributed by atoms with Gasteiger partial charge in [0.2, 0.25) is 0 Å². The largest absolute Gasteiger partial charge is 0.446 e. The zero-order valence-corrected chi connectivity index (χ0v) is 16.4. The lowest BCUT2D eigenvalue weighted by Gasteiger charge is -2.48. The highest BCUT2D eigenvalue weighted by Crippen LogP contribution is 2.46. The quantitative estimate of drug-likeness (QED) is 0.631. The predicted molar refractivity (Wildman–Crippen MR) is 95.1 cm³/mol. The van der Waals surface area contributed by atoms with Crippen molar-refractivity contribution in [3.8, 4) is 0 Å². The van der Waals surface area contributed by atoms with Gasteiger partial charge < -0.3 is 9.64 Å². The van der Waals surface area contributed by atoms with Crippen molar-refractivity contribution in [2.24, 2.45) is 0 Å². The second kappa shape index (κ2) is 6.94. The molecule has 2 atom stereocenters. The van der Waals surface area contributed by atoms with Crippen LogP contribution >= 0.6 is 0 Å². The fourth-order valence-electron chi connectivity index (χ4n) is 5.27. The summed E-state index contributed by atoms with van der Waals surface area (Å²) in [6.45, 7) is 15.3. The van der Waals surface area contributed by atoms with Crippen LogP contribution in [0.5, 0.6) is 0 Å². The van der Waals surface area contributed by atoms with E-state index in [1.165, 1.54) is 12.8 Å². The molecule has 0 aliphatic carbocycles. The minimum atomic E-state index is -1.50. The third-order valence-electron chi connectivity index (χ3n) is 6.47. The van der Waals surface area contributed by atoms with Gasteiger partial charge in [-0.3, -0.25) is 0 Å². The van der Waals surface area contributed by atoms with E-state index in [2.05, 4.69) is 41.5 Å². The van der Waals surface area contributed by atoms with Gasteiger partial charge in [-0.2, -0.15) is 0 Å². The van der Waals surface area contributed by atoms with Crippen molar-refractivity contribution in [3.05, 3.63) is 0 Å². The van der Waals surface area contributed by atoms with Gasteiger partial charge >= 0.3 is 6.09 Å². The number of ether oxygens (including phenoxy) is 1. The monoisotopic (exact) mass is 325 g/mol. The first-order valence-corrected chi connectivity index (χ1v) is 11.7. The summed E-state index contributed by atoms with van der Waals surface area (Å²) in [4.78, 5) is 14.3. The molecule has 0 saturated carbocycles. The van der Waals surface area contributed by atoms with Gasteiger partial charge in [-0.25, -0.2) is 4.79 Å². The predicted octanol–water partition coefficient (Wildman–Crippen LogP) is 5.43. The Labute approximate surface area is 137 Å². The molecule has 4 heteroatoms. The summed E-state index contributed by atoms with van der Waals surface area (Å²) in [5.74, 6) is 0. The molecule has 0 aromatic carbocycles. The van der Waals surface area contributed by atoms with E-state index < -0.39 is 8.07 Å². The molecule has 2 aliphatic rings. The molecule has 22 heavy (non-hydrogen) atoms. The summed E-state index contributed by atoms with van der Waals surface area (Å²) in [6.07, 6.45) is 4.75. The average Bonchev–Trinajstić information content (AvgIpc) is 2.43. The first-order chi connectivity index (χ1) is 10.3. The van der Waals surface area contributed by atoms with Gasteiger partial charge in [-0.05, 0) is 25.3 Å². The Morgan fingerprint density at radius 1 is 1.09 bits per heavy atom. The van der Waals surface area contributed by atoms with E-state index in [9.17, 15) is 4.79 Å². The maximum Gasteiger partial charge on any atom is 0.410 e. The van der Waals surface area contributed by atoms with Crippen molar-refractivity contribution in [3.63, 3.8) is 0 Å². The number of carbonyl (C=O) groups is 1. The first-order valence-electron chi connectivity index (χ1n) is 9.26. The van der Waals surface area contributed by atoms with E-state index in [1.807, 2.05) is 4.90 Å². The number of cyclic esters (lactones) is 1. The summed E-state index contributed by atoms with van der Waals surface area (Å²) in [6, 6.07) is 1.59. The summed E-state index contributed by atoms with van der Waals surface area (Å²) in [5.41, 5.74) is 2.20. The van der Waals surface area contributed by atoms with Gasteiger partial charge in [0.25, 0.3) is 0 Å². The number of amides is 1. The highest BCUT2D eigenvalue weighted by molar-refractivity contribution is 6.83. The molecule has 0 spiro atoms. The van der Waals surface area contributed by atoms with Gasteiger partial charge in [-0.15, -0.1) is 0 Å². The molecule has 2 unspecified atom stereocenters. The number of rotatable bonds is 5. The van der Waals surface area contributed by atoms with Crippen LogP contribution in [0.1, 0.15) is 67.2 Å². The minimum absolute atomic E-state index is 0.0416. The van der Waals surface area contributed by atoms with Crippen molar-refractivity contribution < 1.29 is 9.53 Å². The molecule has 0 bridgehead atoms. The highest BCUT2D eigenvalue weighted by Gasteiger charge is 2.47. The van der Waals surface area contributed by atoms with Gasteiger partial charge in [-0.1, -0.05) is 58.2 Å². The van der Waals surface area contributed by atoms with Crippen molar-refractivity contribution in [2.75, 3.05) is 6.54 Å². The summed E-state index contributed by atoms with van der Waals surface area (Å²) in [7, 11) is -1.50. The maximum absolute atomic E-state index is 12.4. The fraction of sp³-hybridized carbons (Fsp3) is 0.944. The number of hydrogen-bond donors (Lipinski definition) is 0. The molecule has 0 radical (unpaired) electrons. The number of hydrogen-bond acceptors (Lipinski definition) is 2. The molecule has 1 amide bonds. The van der Waals surface area contributed by atoms with Crippen molar-refractivity contribution in [2.45, 2.75) is 102 Å². The van der Waals surface area contributed by atoms with Crippen molar-refractivity contribution in [1.29, 1.82) is 0 Å². The molecule has 2 rings (SSSR count). The molecule has 2 saturated heterocycles. The topological polar surface area (TPSA) is 29.5 Å². The number of fused-ring (bicyclic) bond motifs is 1. The van der Waals surface area contributed by atoms with E-state index in [-0.39, 0.29) is 12.2 Å². The zero-order valence-electron chi connectivity index (χ0n) is 15.4. The van der Waals surface area contributed by atoms with Gasteiger partial charge in [0.05, 0.1) is 8.07 Å². The van der Waals surface area contributed by atoms with Crippen molar-refractivity contribution >= 4 is 14.2 Å². The zero-order chi connectivity index (χ0) is 16.5. The van der Waals surface area contributed by atoms with Crippen LogP contribution in [-0.2, 0) is 4.74 Å². The Hall–Kier alpha value is -0.513. The summed E-state index contributed by atoms with van der Waals surface area (Å²) < 4.78 is 5.88. The van der Waals surface area contributed by atoms with E-state index in [0.717, 1.165) is 42.1 Å². The van der Waals surface area contributed by atoms with Crippen LogP contribution in [0.3, 0.4) is 0 Å². The van der Waals surface area contributed by atoms with Crippen molar-refractivity contribution in [1.82, 2.24) is 4.90 Å². The molecule has 2 fully saturated rings. The molecule has 0 aromatic rings. The van der Waals surface area contributed by atoms with Gasteiger partial charge in [0.1, 0.15) is 6.10 Å². The standard InChI is InChI=1S/C18H35NO2Si/c1-13(2)22(14(3)4,15(5)6)12-17-11-16-9-7-8-10-19(16)18(20)21-17/h13-17H,7-12H2,1-6H3. The Morgan fingerprint density at radius 3 is 2.23 bits per heavy atom. The highest BCUT2D eigenvalue weighted by atomic mass is 28.3. The molecule has 3 nitrogen and oxygen atoms in total. The molecule has 2 aliphatic heterocycles. The summed E-state index contributed by atoms with van der Waals surface area (Å²) >= 11 is 0. The second-order valence-electron chi connectivity index (χ2n) is 8.37. The van der Waals surface area contributed by atoms with Gasteiger partial charge in [0, 0.05) is 19.0 Å². The number of nitrogens with zero attached hydrogens (tertiary/aromatic N) is 1. The molecule has 2 heterocycles. The van der Waals surface area contributed by atoms with Crippen LogP contribution < -0.4 is 0 Å². The molecule has 0 N–H and O–H groups in total. The Balaban J connectivity index is 2.15. The van der Waals surface area contributed by atoms with E-state index in [0.29, 0.717) is 6.04 Å². The van der Waals surface area contributed by atoms with Crippen LogP contribution in [-0.4, -0.2) is 37.8 Å². The lowest BCUT2D eigenvalue weighted by atomic mass is 9.96. The molecule has 0 aromatic heterocycles. The fourth-order valence-corrected chi connectivity index (χ4v) is 11.7.